The summed E-state index contributed by atoms with van der Waals surface area (Å²) in [5.41, 5.74) is -0.0106. The van der Waals surface area contributed by atoms with Gasteiger partial charge in [0.05, 0.1) is 31.8 Å². The molecule has 0 heterocycles. The van der Waals surface area contributed by atoms with Crippen LogP contribution in [0.1, 0.15) is 18.1 Å². The molecule has 0 radical (unpaired) electrons. The van der Waals surface area contributed by atoms with Crippen LogP contribution < -0.4 is 9.47 Å². The van der Waals surface area contributed by atoms with Crippen molar-refractivity contribution in [3.8, 4) is 17.6 Å². The van der Waals surface area contributed by atoms with E-state index in [-0.39, 0.29) is 29.9 Å². The van der Waals surface area contributed by atoms with E-state index in [4.69, 9.17) is 14.7 Å². The molecule has 0 saturated heterocycles. The lowest BCUT2D eigenvalue weighted by Gasteiger charge is -2.16. The third kappa shape index (κ3) is 4.87. The number of carbonyl (C=O) groups is 1. The standard InChI is InChI=1S/C13H12F3NO4/c1-3-20-11(18)6-9-4-8(7-17)5-10(12(9)19-2)21-13(14,15)16/h4-5H,3,6H2,1-2H3. The average molecular weight is 303 g/mol. The second-order valence-electron chi connectivity index (χ2n) is 3.81. The number of methoxy groups -OCH3 is 1. The zero-order chi connectivity index (χ0) is 16.0. The second kappa shape index (κ2) is 6.83. The Labute approximate surface area is 118 Å². The van der Waals surface area contributed by atoms with Crippen molar-refractivity contribution in [2.24, 2.45) is 0 Å². The Balaban J connectivity index is 3.25. The van der Waals surface area contributed by atoms with Gasteiger partial charge in [0.25, 0.3) is 0 Å². The normalized spacial score (nSPS) is 10.7. The average Bonchev–Trinajstić information content (AvgIpc) is 2.36. The highest BCUT2D eigenvalue weighted by molar-refractivity contribution is 5.74. The van der Waals surface area contributed by atoms with Crippen LogP contribution in [0.15, 0.2) is 12.1 Å². The summed E-state index contributed by atoms with van der Waals surface area (Å²) in [5.74, 6) is -1.59. The van der Waals surface area contributed by atoms with Crippen LogP contribution in [0.25, 0.3) is 0 Å². The lowest BCUT2D eigenvalue weighted by atomic mass is 10.1. The quantitative estimate of drug-likeness (QED) is 0.782. The molecule has 1 aromatic carbocycles. The van der Waals surface area contributed by atoms with Crippen LogP contribution in [0.5, 0.6) is 11.5 Å². The molecule has 0 aromatic heterocycles. The summed E-state index contributed by atoms with van der Waals surface area (Å²) >= 11 is 0. The molecule has 0 N–H and O–H groups in total. The largest absolute Gasteiger partial charge is 0.573 e. The van der Waals surface area contributed by atoms with Crippen molar-refractivity contribution in [2.45, 2.75) is 19.7 Å². The molecule has 0 saturated carbocycles. The van der Waals surface area contributed by atoms with Gasteiger partial charge >= 0.3 is 12.3 Å². The minimum absolute atomic E-state index is 0.0780. The first kappa shape index (κ1) is 16.6. The zero-order valence-corrected chi connectivity index (χ0v) is 11.3. The monoisotopic (exact) mass is 303 g/mol. The van der Waals surface area contributed by atoms with Gasteiger partial charge in [0.2, 0.25) is 0 Å². The van der Waals surface area contributed by atoms with E-state index >= 15 is 0 Å². The Morgan fingerprint density at radius 3 is 2.52 bits per heavy atom. The number of benzene rings is 1. The Kier molecular flexibility index (Phi) is 5.41. The smallest absolute Gasteiger partial charge is 0.493 e. The van der Waals surface area contributed by atoms with E-state index in [0.29, 0.717) is 0 Å². The topological polar surface area (TPSA) is 68.6 Å². The lowest BCUT2D eigenvalue weighted by molar-refractivity contribution is -0.275. The van der Waals surface area contributed by atoms with Gasteiger partial charge in [-0.05, 0) is 13.0 Å². The molecule has 21 heavy (non-hydrogen) atoms. The summed E-state index contributed by atoms with van der Waals surface area (Å²) in [6, 6.07) is 3.83. The summed E-state index contributed by atoms with van der Waals surface area (Å²) in [6.07, 6.45) is -5.27. The number of esters is 1. The molecule has 0 fully saturated rings. The fraction of sp³-hybridized carbons (Fsp3) is 0.385. The van der Waals surface area contributed by atoms with Gasteiger partial charge in [-0.2, -0.15) is 5.26 Å². The van der Waals surface area contributed by atoms with Crippen LogP contribution in [0, 0.1) is 11.3 Å². The van der Waals surface area contributed by atoms with Crippen molar-refractivity contribution >= 4 is 5.97 Å². The SMILES string of the molecule is CCOC(=O)Cc1cc(C#N)cc(OC(F)(F)F)c1OC. The summed E-state index contributed by atoms with van der Waals surface area (Å²) in [6.45, 7) is 1.73. The molecule has 0 spiro atoms. The summed E-state index contributed by atoms with van der Waals surface area (Å²) < 4.78 is 50.5. The first-order valence-corrected chi connectivity index (χ1v) is 5.83. The van der Waals surface area contributed by atoms with E-state index < -0.39 is 18.1 Å². The Morgan fingerprint density at radius 1 is 1.38 bits per heavy atom. The molecule has 1 rings (SSSR count). The Hall–Kier alpha value is -2.43. The van der Waals surface area contributed by atoms with E-state index in [1.165, 1.54) is 6.07 Å². The molecule has 0 bridgehead atoms. The maximum absolute atomic E-state index is 12.4. The highest BCUT2D eigenvalue weighted by Gasteiger charge is 2.33. The predicted octanol–water partition coefficient (Wildman–Crippen LogP) is 2.57. The molecule has 5 nitrogen and oxygen atoms in total. The van der Waals surface area contributed by atoms with Gasteiger partial charge in [-0.1, -0.05) is 0 Å². The van der Waals surface area contributed by atoms with Crippen LogP contribution in [0.2, 0.25) is 0 Å². The molecule has 8 heteroatoms. The zero-order valence-electron chi connectivity index (χ0n) is 11.3. The van der Waals surface area contributed by atoms with E-state index in [9.17, 15) is 18.0 Å². The van der Waals surface area contributed by atoms with Gasteiger partial charge in [-0.25, -0.2) is 0 Å². The summed E-state index contributed by atoms with van der Waals surface area (Å²) in [7, 11) is 1.14. The van der Waals surface area contributed by atoms with Gasteiger partial charge in [-0.3, -0.25) is 4.79 Å². The van der Waals surface area contributed by atoms with Crippen molar-refractivity contribution in [1.29, 1.82) is 5.26 Å². The van der Waals surface area contributed by atoms with Crippen LogP contribution in [0.4, 0.5) is 13.2 Å². The molecular weight excluding hydrogens is 291 g/mol. The van der Waals surface area contributed by atoms with Crippen molar-refractivity contribution in [3.63, 3.8) is 0 Å². The Morgan fingerprint density at radius 2 is 2.05 bits per heavy atom. The number of rotatable bonds is 5. The van der Waals surface area contributed by atoms with Crippen LogP contribution >= 0.6 is 0 Å². The molecule has 114 valence electrons. The van der Waals surface area contributed by atoms with Crippen LogP contribution in [0.3, 0.4) is 0 Å². The maximum atomic E-state index is 12.4. The third-order valence-electron chi connectivity index (χ3n) is 2.33. The third-order valence-corrected chi connectivity index (χ3v) is 2.33. The van der Waals surface area contributed by atoms with Gasteiger partial charge in [0, 0.05) is 11.6 Å². The van der Waals surface area contributed by atoms with Crippen molar-refractivity contribution in [3.05, 3.63) is 23.3 Å². The summed E-state index contributed by atoms with van der Waals surface area (Å²) in [4.78, 5) is 11.5. The first-order chi connectivity index (χ1) is 9.80. The second-order valence-corrected chi connectivity index (χ2v) is 3.81. The molecule has 0 aliphatic rings. The lowest BCUT2D eigenvalue weighted by Crippen LogP contribution is -2.18. The summed E-state index contributed by atoms with van der Waals surface area (Å²) in [5, 5.41) is 8.84. The predicted molar refractivity (Wildman–Crippen MR) is 64.7 cm³/mol. The fourth-order valence-electron chi connectivity index (χ4n) is 1.66. The highest BCUT2D eigenvalue weighted by Crippen LogP contribution is 2.36. The van der Waals surface area contributed by atoms with E-state index in [2.05, 4.69) is 4.74 Å². The number of carbonyl (C=O) groups excluding carboxylic acids is 1. The molecule has 0 atom stereocenters. The van der Waals surface area contributed by atoms with E-state index in [0.717, 1.165) is 13.2 Å². The van der Waals surface area contributed by atoms with Gasteiger partial charge in [0.1, 0.15) is 0 Å². The van der Waals surface area contributed by atoms with Crippen LogP contribution in [-0.2, 0) is 16.0 Å². The maximum Gasteiger partial charge on any atom is 0.573 e. The molecular formula is C13H12F3NO4. The van der Waals surface area contributed by atoms with Gasteiger partial charge in [0.15, 0.2) is 11.5 Å². The number of hydrogen-bond donors (Lipinski definition) is 0. The highest BCUT2D eigenvalue weighted by atomic mass is 19.4. The molecule has 0 aliphatic carbocycles. The molecule has 0 unspecified atom stereocenters. The molecule has 0 aliphatic heterocycles. The number of ether oxygens (including phenoxy) is 3. The molecule has 0 amide bonds. The minimum atomic E-state index is -4.94. The number of alkyl halides is 3. The fourth-order valence-corrected chi connectivity index (χ4v) is 1.66. The van der Waals surface area contributed by atoms with E-state index in [1.807, 2.05) is 0 Å². The van der Waals surface area contributed by atoms with Gasteiger partial charge < -0.3 is 14.2 Å². The number of halogens is 3. The first-order valence-electron chi connectivity index (χ1n) is 5.83. The van der Waals surface area contributed by atoms with Crippen molar-refractivity contribution in [1.82, 2.24) is 0 Å². The van der Waals surface area contributed by atoms with Crippen molar-refractivity contribution < 1.29 is 32.2 Å². The van der Waals surface area contributed by atoms with Crippen LogP contribution in [-0.4, -0.2) is 26.0 Å². The van der Waals surface area contributed by atoms with Gasteiger partial charge in [-0.15, -0.1) is 13.2 Å². The van der Waals surface area contributed by atoms with E-state index in [1.54, 1.807) is 13.0 Å². The number of hydrogen-bond acceptors (Lipinski definition) is 5. The minimum Gasteiger partial charge on any atom is -0.493 e. The Bertz CT molecular complexity index is 564. The number of nitriles is 1. The molecule has 1 aromatic rings. The number of nitrogens with zero attached hydrogens (tertiary/aromatic N) is 1. The van der Waals surface area contributed by atoms with Crippen molar-refractivity contribution in [2.75, 3.05) is 13.7 Å².